The molecule has 0 bridgehead atoms. The van der Waals surface area contributed by atoms with E-state index in [0.29, 0.717) is 16.3 Å². The standard InChI is InChI=1S/C16H15ClN4O3S2/c1-21(2)26(23,24)13-5-6-16(19-9-13)25-10-15(22)20-12-4-3-11(8-18)14(17)7-12/h3-7,9H,10H2,1-2H3,(H,20,22). The SMILES string of the molecule is CN(C)S(=O)(=O)c1ccc(SCC(=O)Nc2ccc(C#N)c(Cl)c2)nc1. The Labute approximate surface area is 161 Å². The smallest absolute Gasteiger partial charge is 0.244 e. The van der Waals surface area contributed by atoms with E-state index in [4.69, 9.17) is 16.9 Å². The van der Waals surface area contributed by atoms with Gasteiger partial charge in [-0.1, -0.05) is 23.4 Å². The van der Waals surface area contributed by atoms with E-state index < -0.39 is 10.0 Å². The number of amides is 1. The lowest BCUT2D eigenvalue weighted by Crippen LogP contribution is -2.22. The number of rotatable bonds is 6. The summed E-state index contributed by atoms with van der Waals surface area (Å²) in [5.74, 6) is -0.188. The zero-order valence-electron chi connectivity index (χ0n) is 13.9. The highest BCUT2D eigenvalue weighted by atomic mass is 35.5. The third-order valence-corrected chi connectivity index (χ3v) is 6.27. The molecule has 136 valence electrons. The van der Waals surface area contributed by atoms with E-state index in [1.807, 2.05) is 6.07 Å². The number of halogens is 1. The molecular weight excluding hydrogens is 396 g/mol. The molecule has 2 rings (SSSR count). The van der Waals surface area contributed by atoms with Crippen LogP contribution in [0.15, 0.2) is 46.5 Å². The van der Waals surface area contributed by atoms with Crippen LogP contribution < -0.4 is 5.32 Å². The third kappa shape index (κ3) is 4.95. The number of anilines is 1. The summed E-state index contributed by atoms with van der Waals surface area (Å²) in [6.07, 6.45) is 1.26. The van der Waals surface area contributed by atoms with Gasteiger partial charge in [0.2, 0.25) is 15.9 Å². The molecule has 0 spiro atoms. The summed E-state index contributed by atoms with van der Waals surface area (Å²) in [4.78, 5) is 16.1. The van der Waals surface area contributed by atoms with Gasteiger partial charge >= 0.3 is 0 Å². The highest BCUT2D eigenvalue weighted by molar-refractivity contribution is 7.99. The molecule has 1 N–H and O–H groups in total. The van der Waals surface area contributed by atoms with Crippen LogP contribution in [0.5, 0.6) is 0 Å². The second-order valence-corrected chi connectivity index (χ2v) is 8.82. The first-order valence-electron chi connectivity index (χ1n) is 7.25. The second-order valence-electron chi connectivity index (χ2n) is 5.26. The number of pyridine rings is 1. The lowest BCUT2D eigenvalue weighted by Gasteiger charge is -2.11. The minimum atomic E-state index is -3.53. The molecule has 0 saturated heterocycles. The number of nitrogens with zero attached hydrogens (tertiary/aromatic N) is 3. The van der Waals surface area contributed by atoms with Gasteiger partial charge in [-0.15, -0.1) is 0 Å². The van der Waals surface area contributed by atoms with Crippen LogP contribution in [0.25, 0.3) is 0 Å². The Bertz CT molecular complexity index is 954. The summed E-state index contributed by atoms with van der Waals surface area (Å²) in [6, 6.07) is 9.55. The first-order chi connectivity index (χ1) is 12.2. The molecule has 1 heterocycles. The predicted molar refractivity (Wildman–Crippen MR) is 101 cm³/mol. The highest BCUT2D eigenvalue weighted by Gasteiger charge is 2.17. The van der Waals surface area contributed by atoms with E-state index in [-0.39, 0.29) is 21.6 Å². The summed E-state index contributed by atoms with van der Waals surface area (Å²) >= 11 is 7.09. The lowest BCUT2D eigenvalue weighted by molar-refractivity contribution is -0.113. The quantitative estimate of drug-likeness (QED) is 0.734. The average Bonchev–Trinajstić information content (AvgIpc) is 2.60. The van der Waals surface area contributed by atoms with Crippen LogP contribution in [0.1, 0.15) is 5.56 Å². The number of nitrogens with one attached hydrogen (secondary N) is 1. The van der Waals surface area contributed by atoms with Crippen molar-refractivity contribution in [2.75, 3.05) is 25.2 Å². The Balaban J connectivity index is 1.95. The fourth-order valence-electron chi connectivity index (χ4n) is 1.84. The zero-order valence-corrected chi connectivity index (χ0v) is 16.3. The van der Waals surface area contributed by atoms with Crippen molar-refractivity contribution in [3.8, 4) is 6.07 Å². The molecular formula is C16H15ClN4O3S2. The molecule has 10 heteroatoms. The molecule has 0 unspecified atom stereocenters. The van der Waals surface area contributed by atoms with E-state index in [9.17, 15) is 13.2 Å². The maximum Gasteiger partial charge on any atom is 0.244 e. The van der Waals surface area contributed by atoms with E-state index in [1.165, 1.54) is 50.3 Å². The van der Waals surface area contributed by atoms with Crippen LogP contribution in [0, 0.1) is 11.3 Å². The number of hydrogen-bond donors (Lipinski definition) is 1. The summed E-state index contributed by atoms with van der Waals surface area (Å²) in [7, 11) is -0.644. The number of nitriles is 1. The molecule has 2 aromatic rings. The molecule has 0 aliphatic rings. The number of thioether (sulfide) groups is 1. The fourth-order valence-corrected chi connectivity index (χ4v) is 3.55. The molecule has 0 radical (unpaired) electrons. The van der Waals surface area contributed by atoms with Gasteiger partial charge < -0.3 is 5.32 Å². The van der Waals surface area contributed by atoms with Crippen molar-refractivity contribution in [3.63, 3.8) is 0 Å². The number of benzene rings is 1. The first kappa shape index (κ1) is 20.2. The van der Waals surface area contributed by atoms with Crippen molar-refractivity contribution < 1.29 is 13.2 Å². The van der Waals surface area contributed by atoms with Gasteiger partial charge in [-0.25, -0.2) is 17.7 Å². The molecule has 0 atom stereocenters. The molecule has 7 nitrogen and oxygen atoms in total. The zero-order chi connectivity index (χ0) is 19.3. The van der Waals surface area contributed by atoms with Crippen LogP contribution in [-0.4, -0.2) is 43.5 Å². The first-order valence-corrected chi connectivity index (χ1v) is 10.1. The molecule has 0 aliphatic heterocycles. The summed E-state index contributed by atoms with van der Waals surface area (Å²) < 4.78 is 25.0. The van der Waals surface area contributed by atoms with Crippen molar-refractivity contribution in [2.24, 2.45) is 0 Å². The number of carbonyl (C=O) groups is 1. The number of sulfonamides is 1. The van der Waals surface area contributed by atoms with E-state index in [2.05, 4.69) is 10.3 Å². The topological polar surface area (TPSA) is 103 Å². The van der Waals surface area contributed by atoms with Crippen molar-refractivity contribution in [1.29, 1.82) is 5.26 Å². The normalized spacial score (nSPS) is 11.2. The molecule has 0 fully saturated rings. The fraction of sp³-hybridized carbons (Fsp3) is 0.188. The Hall–Kier alpha value is -2.12. The Morgan fingerprint density at radius 2 is 2.08 bits per heavy atom. The number of hydrogen-bond acceptors (Lipinski definition) is 6. The molecule has 1 amide bonds. The minimum Gasteiger partial charge on any atom is -0.325 e. The van der Waals surface area contributed by atoms with Crippen molar-refractivity contribution in [2.45, 2.75) is 9.92 Å². The van der Waals surface area contributed by atoms with Crippen molar-refractivity contribution in [1.82, 2.24) is 9.29 Å². The summed E-state index contributed by atoms with van der Waals surface area (Å²) in [5, 5.41) is 12.3. The lowest BCUT2D eigenvalue weighted by atomic mass is 10.2. The Morgan fingerprint density at radius 1 is 1.35 bits per heavy atom. The van der Waals surface area contributed by atoms with Gasteiger partial charge in [-0.2, -0.15) is 5.26 Å². The van der Waals surface area contributed by atoms with Gasteiger partial charge in [-0.05, 0) is 30.3 Å². The second kappa shape index (κ2) is 8.51. The summed E-state index contributed by atoms with van der Waals surface area (Å²) in [6.45, 7) is 0. The average molecular weight is 411 g/mol. The van der Waals surface area contributed by atoms with E-state index in [0.717, 1.165) is 4.31 Å². The number of aromatic nitrogens is 1. The highest BCUT2D eigenvalue weighted by Crippen LogP contribution is 2.22. The molecule has 1 aromatic heterocycles. The van der Waals surface area contributed by atoms with E-state index >= 15 is 0 Å². The maximum atomic E-state index is 12.0. The van der Waals surface area contributed by atoms with Crippen LogP contribution in [-0.2, 0) is 14.8 Å². The van der Waals surface area contributed by atoms with Crippen molar-refractivity contribution in [3.05, 3.63) is 47.1 Å². The minimum absolute atomic E-state index is 0.0866. The van der Waals surface area contributed by atoms with E-state index in [1.54, 1.807) is 12.1 Å². The van der Waals surface area contributed by atoms with Gasteiger partial charge in [0.25, 0.3) is 0 Å². The Morgan fingerprint density at radius 3 is 2.62 bits per heavy atom. The van der Waals surface area contributed by atoms with Crippen LogP contribution in [0.2, 0.25) is 5.02 Å². The predicted octanol–water partition coefficient (Wildman–Crippen LogP) is 2.59. The largest absolute Gasteiger partial charge is 0.325 e. The molecule has 26 heavy (non-hydrogen) atoms. The van der Waals surface area contributed by atoms with Gasteiger partial charge in [0.1, 0.15) is 11.0 Å². The monoisotopic (exact) mass is 410 g/mol. The Kier molecular flexibility index (Phi) is 6.61. The van der Waals surface area contributed by atoms with Gasteiger partial charge in [0.15, 0.2) is 0 Å². The van der Waals surface area contributed by atoms with Gasteiger partial charge in [-0.3, -0.25) is 4.79 Å². The van der Waals surface area contributed by atoms with Gasteiger partial charge in [0.05, 0.1) is 21.4 Å². The van der Waals surface area contributed by atoms with Crippen LogP contribution in [0.3, 0.4) is 0 Å². The molecule has 1 aromatic carbocycles. The number of carbonyl (C=O) groups excluding carboxylic acids is 1. The van der Waals surface area contributed by atoms with Crippen LogP contribution >= 0.6 is 23.4 Å². The third-order valence-electron chi connectivity index (χ3n) is 3.21. The van der Waals surface area contributed by atoms with Gasteiger partial charge in [0, 0.05) is 26.0 Å². The summed E-state index contributed by atoms with van der Waals surface area (Å²) in [5.41, 5.74) is 0.816. The molecule has 0 saturated carbocycles. The van der Waals surface area contributed by atoms with Crippen LogP contribution in [0.4, 0.5) is 5.69 Å². The van der Waals surface area contributed by atoms with Crippen molar-refractivity contribution >= 4 is 45.0 Å². The maximum absolute atomic E-state index is 12.0. The molecule has 0 aliphatic carbocycles.